The number of nitrogens with two attached hydrogens (primary N) is 1. The molecular formula is C10H13N3S. The Morgan fingerprint density at radius 1 is 1.43 bits per heavy atom. The first-order valence-electron chi connectivity index (χ1n) is 4.27. The summed E-state index contributed by atoms with van der Waals surface area (Å²) in [5, 5.41) is 10.3. The molecule has 0 bridgehead atoms. The van der Waals surface area contributed by atoms with Gasteiger partial charge in [0.1, 0.15) is 5.84 Å². The van der Waals surface area contributed by atoms with E-state index in [2.05, 4.69) is 5.32 Å². The van der Waals surface area contributed by atoms with Gasteiger partial charge in [-0.15, -0.1) is 0 Å². The second-order valence-corrected chi connectivity index (χ2v) is 3.63. The van der Waals surface area contributed by atoms with Crippen molar-refractivity contribution >= 4 is 23.0 Å². The van der Waals surface area contributed by atoms with Gasteiger partial charge in [0.05, 0.1) is 4.99 Å². The highest BCUT2D eigenvalue weighted by molar-refractivity contribution is 7.80. The lowest BCUT2D eigenvalue weighted by molar-refractivity contribution is 0.924. The van der Waals surface area contributed by atoms with Crippen molar-refractivity contribution in [3.63, 3.8) is 0 Å². The minimum Gasteiger partial charge on any atom is -0.384 e. The molecule has 0 saturated carbocycles. The fourth-order valence-corrected chi connectivity index (χ4v) is 1.10. The lowest BCUT2D eigenvalue weighted by Crippen LogP contribution is -2.17. The molecule has 1 rings (SSSR count). The third-order valence-electron chi connectivity index (χ3n) is 1.81. The molecule has 1 aromatic rings. The zero-order chi connectivity index (χ0) is 10.6. The SMILES string of the molecule is CC(=S)NCc1ccc(C(=N)N)cc1. The average molecular weight is 207 g/mol. The number of benzene rings is 1. The van der Waals surface area contributed by atoms with Gasteiger partial charge in [-0.1, -0.05) is 36.5 Å². The number of hydrogen-bond donors (Lipinski definition) is 3. The molecule has 0 saturated heterocycles. The lowest BCUT2D eigenvalue weighted by atomic mass is 10.1. The van der Waals surface area contributed by atoms with Gasteiger partial charge >= 0.3 is 0 Å². The van der Waals surface area contributed by atoms with Gasteiger partial charge in [0.2, 0.25) is 0 Å². The summed E-state index contributed by atoms with van der Waals surface area (Å²) in [6, 6.07) is 7.53. The van der Waals surface area contributed by atoms with Gasteiger partial charge in [0, 0.05) is 12.1 Å². The summed E-state index contributed by atoms with van der Waals surface area (Å²) < 4.78 is 0. The molecule has 0 aliphatic rings. The van der Waals surface area contributed by atoms with Gasteiger partial charge in [-0.05, 0) is 12.5 Å². The first-order valence-corrected chi connectivity index (χ1v) is 4.68. The van der Waals surface area contributed by atoms with Crippen LogP contribution in [-0.2, 0) is 6.54 Å². The Morgan fingerprint density at radius 2 is 2.00 bits per heavy atom. The zero-order valence-corrected chi connectivity index (χ0v) is 8.82. The van der Waals surface area contributed by atoms with Crippen molar-refractivity contribution < 1.29 is 0 Å². The van der Waals surface area contributed by atoms with Crippen molar-refractivity contribution in [1.82, 2.24) is 5.32 Å². The standard InChI is InChI=1S/C10H13N3S/c1-7(14)13-6-8-2-4-9(5-3-8)10(11)12/h2-5H,6H2,1H3,(H3,11,12)(H,13,14). The van der Waals surface area contributed by atoms with Gasteiger partial charge < -0.3 is 11.1 Å². The predicted octanol–water partition coefficient (Wildman–Crippen LogP) is 1.41. The Morgan fingerprint density at radius 3 is 2.43 bits per heavy atom. The van der Waals surface area contributed by atoms with Crippen LogP contribution in [-0.4, -0.2) is 10.8 Å². The molecule has 0 heterocycles. The Balaban J connectivity index is 2.64. The zero-order valence-electron chi connectivity index (χ0n) is 8.00. The molecule has 4 N–H and O–H groups in total. The largest absolute Gasteiger partial charge is 0.384 e. The van der Waals surface area contributed by atoms with Crippen LogP contribution in [0.1, 0.15) is 18.1 Å². The molecule has 0 spiro atoms. The molecule has 0 aliphatic heterocycles. The first-order chi connectivity index (χ1) is 6.59. The molecule has 0 aromatic heterocycles. The lowest BCUT2D eigenvalue weighted by Gasteiger charge is -2.04. The Labute approximate surface area is 88.8 Å². The van der Waals surface area contributed by atoms with Crippen LogP contribution in [0.5, 0.6) is 0 Å². The Kier molecular flexibility index (Phi) is 3.59. The van der Waals surface area contributed by atoms with Crippen LogP contribution in [0.4, 0.5) is 0 Å². The summed E-state index contributed by atoms with van der Waals surface area (Å²) in [5.74, 6) is 0.0931. The third-order valence-corrected chi connectivity index (χ3v) is 1.95. The summed E-state index contributed by atoms with van der Waals surface area (Å²) in [6.45, 7) is 2.56. The molecule has 3 nitrogen and oxygen atoms in total. The van der Waals surface area contributed by atoms with Gasteiger partial charge in [-0.3, -0.25) is 5.41 Å². The molecule has 4 heteroatoms. The highest BCUT2D eigenvalue weighted by atomic mass is 32.1. The van der Waals surface area contributed by atoms with E-state index in [-0.39, 0.29) is 5.84 Å². The number of thiocarbonyl (C=S) groups is 1. The molecule has 14 heavy (non-hydrogen) atoms. The van der Waals surface area contributed by atoms with Gasteiger partial charge in [0.25, 0.3) is 0 Å². The Bertz CT molecular complexity index is 343. The molecule has 0 unspecified atom stereocenters. The normalized spacial score (nSPS) is 9.50. The summed E-state index contributed by atoms with van der Waals surface area (Å²) in [7, 11) is 0. The van der Waals surface area contributed by atoms with Crippen LogP contribution >= 0.6 is 12.2 Å². The van der Waals surface area contributed by atoms with Crippen molar-refractivity contribution in [2.45, 2.75) is 13.5 Å². The predicted molar refractivity (Wildman–Crippen MR) is 62.6 cm³/mol. The van der Waals surface area contributed by atoms with E-state index in [0.717, 1.165) is 16.1 Å². The fraction of sp³-hybridized carbons (Fsp3) is 0.200. The highest BCUT2D eigenvalue weighted by Crippen LogP contribution is 2.03. The van der Waals surface area contributed by atoms with Crippen molar-refractivity contribution in [3.05, 3.63) is 35.4 Å². The van der Waals surface area contributed by atoms with E-state index in [1.807, 2.05) is 31.2 Å². The molecule has 0 amide bonds. The van der Waals surface area contributed by atoms with E-state index < -0.39 is 0 Å². The number of rotatable bonds is 3. The number of amidine groups is 1. The van der Waals surface area contributed by atoms with E-state index in [0.29, 0.717) is 6.54 Å². The van der Waals surface area contributed by atoms with Gasteiger partial charge in [0.15, 0.2) is 0 Å². The van der Waals surface area contributed by atoms with E-state index >= 15 is 0 Å². The smallest absolute Gasteiger partial charge is 0.122 e. The maximum Gasteiger partial charge on any atom is 0.122 e. The average Bonchev–Trinajstić information content (AvgIpc) is 2.15. The summed E-state index contributed by atoms with van der Waals surface area (Å²) >= 11 is 4.90. The van der Waals surface area contributed by atoms with Crippen LogP contribution in [0.15, 0.2) is 24.3 Å². The van der Waals surface area contributed by atoms with Crippen LogP contribution in [0, 0.1) is 5.41 Å². The summed E-state index contributed by atoms with van der Waals surface area (Å²) in [5.41, 5.74) is 7.20. The highest BCUT2D eigenvalue weighted by Gasteiger charge is 1.96. The van der Waals surface area contributed by atoms with Crippen LogP contribution in [0.2, 0.25) is 0 Å². The first kappa shape index (κ1) is 10.7. The van der Waals surface area contributed by atoms with E-state index in [9.17, 15) is 0 Å². The minimum absolute atomic E-state index is 0.0931. The van der Waals surface area contributed by atoms with Crippen LogP contribution in [0.25, 0.3) is 0 Å². The molecular weight excluding hydrogens is 194 g/mol. The quantitative estimate of drug-likeness (QED) is 0.399. The van der Waals surface area contributed by atoms with E-state index in [4.69, 9.17) is 23.4 Å². The Hall–Kier alpha value is -1.42. The minimum atomic E-state index is 0.0931. The van der Waals surface area contributed by atoms with Crippen molar-refractivity contribution in [1.29, 1.82) is 5.41 Å². The van der Waals surface area contributed by atoms with Crippen LogP contribution < -0.4 is 11.1 Å². The second-order valence-electron chi connectivity index (χ2n) is 3.02. The molecule has 1 aromatic carbocycles. The topological polar surface area (TPSA) is 61.9 Å². The second kappa shape index (κ2) is 4.72. The fourth-order valence-electron chi connectivity index (χ4n) is 1.03. The summed E-state index contributed by atoms with van der Waals surface area (Å²) in [4.78, 5) is 0.778. The third kappa shape index (κ3) is 3.14. The molecule has 0 atom stereocenters. The molecule has 74 valence electrons. The van der Waals surface area contributed by atoms with Crippen molar-refractivity contribution in [2.75, 3.05) is 0 Å². The maximum atomic E-state index is 7.22. The van der Waals surface area contributed by atoms with Crippen molar-refractivity contribution in [2.24, 2.45) is 5.73 Å². The number of hydrogen-bond acceptors (Lipinski definition) is 2. The maximum absolute atomic E-state index is 7.22. The number of nitrogen functional groups attached to an aromatic ring is 1. The van der Waals surface area contributed by atoms with E-state index in [1.54, 1.807) is 0 Å². The summed E-state index contributed by atoms with van der Waals surface area (Å²) in [6.07, 6.45) is 0. The van der Waals surface area contributed by atoms with Crippen LogP contribution in [0.3, 0.4) is 0 Å². The van der Waals surface area contributed by atoms with Crippen molar-refractivity contribution in [3.8, 4) is 0 Å². The monoisotopic (exact) mass is 207 g/mol. The molecule has 0 radical (unpaired) electrons. The molecule has 0 aliphatic carbocycles. The van der Waals surface area contributed by atoms with E-state index in [1.165, 1.54) is 0 Å². The van der Waals surface area contributed by atoms with Gasteiger partial charge in [-0.2, -0.15) is 0 Å². The number of nitrogens with one attached hydrogen (secondary N) is 2. The van der Waals surface area contributed by atoms with Gasteiger partial charge in [-0.25, -0.2) is 0 Å². The molecule has 0 fully saturated rings.